The summed E-state index contributed by atoms with van der Waals surface area (Å²) < 4.78 is 5.18. The van der Waals surface area contributed by atoms with Crippen LogP contribution < -0.4 is 10.1 Å². The van der Waals surface area contributed by atoms with Crippen molar-refractivity contribution in [3.05, 3.63) is 65.3 Å². The molecule has 0 saturated heterocycles. The Hall–Kier alpha value is -2.66. The van der Waals surface area contributed by atoms with E-state index in [-0.39, 0.29) is 5.91 Å². The first-order chi connectivity index (χ1) is 11.6. The minimum Gasteiger partial charge on any atom is -0.497 e. The number of aromatic nitrogens is 1. The first-order valence-corrected chi connectivity index (χ1v) is 8.46. The van der Waals surface area contributed by atoms with E-state index in [2.05, 4.69) is 10.3 Å². The number of hydrogen-bond donors (Lipinski definition) is 1. The molecule has 0 spiro atoms. The zero-order chi connectivity index (χ0) is 16.9. The Kier molecular flexibility index (Phi) is 4.91. The van der Waals surface area contributed by atoms with Crippen LogP contribution in [0.5, 0.6) is 5.75 Å². The van der Waals surface area contributed by atoms with Crippen molar-refractivity contribution < 1.29 is 9.53 Å². The molecule has 1 N–H and O–H groups in total. The van der Waals surface area contributed by atoms with Crippen LogP contribution >= 0.6 is 11.3 Å². The summed E-state index contributed by atoms with van der Waals surface area (Å²) in [7, 11) is 1.62. The maximum absolute atomic E-state index is 12.2. The Morgan fingerprint density at radius 1 is 1.21 bits per heavy atom. The predicted molar refractivity (Wildman–Crippen MR) is 97.6 cm³/mol. The van der Waals surface area contributed by atoms with Crippen LogP contribution in [0.3, 0.4) is 0 Å². The van der Waals surface area contributed by atoms with Gasteiger partial charge in [0, 0.05) is 17.3 Å². The number of aryl methyl sites for hydroxylation is 1. The molecule has 122 valence electrons. The first-order valence-electron chi connectivity index (χ1n) is 7.58. The fourth-order valence-electron chi connectivity index (χ4n) is 2.43. The van der Waals surface area contributed by atoms with E-state index in [9.17, 15) is 4.79 Å². The lowest BCUT2D eigenvalue weighted by molar-refractivity contribution is -0.115. The molecule has 5 heteroatoms. The molecule has 0 bridgehead atoms. The molecule has 0 aliphatic heterocycles. The van der Waals surface area contributed by atoms with Gasteiger partial charge in [-0.2, -0.15) is 0 Å². The number of carbonyl (C=O) groups excluding carboxylic acids is 1. The van der Waals surface area contributed by atoms with E-state index in [0.717, 1.165) is 33.1 Å². The molecule has 0 aliphatic rings. The minimum atomic E-state index is -0.0393. The summed E-state index contributed by atoms with van der Waals surface area (Å²) in [6, 6.07) is 13.5. The highest BCUT2D eigenvalue weighted by Gasteiger charge is 2.08. The summed E-state index contributed by atoms with van der Waals surface area (Å²) in [4.78, 5) is 16.4. The number of benzene rings is 1. The second kappa shape index (κ2) is 7.27. The molecule has 1 aromatic carbocycles. The van der Waals surface area contributed by atoms with Gasteiger partial charge < -0.3 is 10.1 Å². The molecule has 0 atom stereocenters. The third-order valence-corrected chi connectivity index (χ3v) is 4.44. The van der Waals surface area contributed by atoms with Crippen molar-refractivity contribution in [1.29, 1.82) is 0 Å². The van der Waals surface area contributed by atoms with Gasteiger partial charge in [-0.1, -0.05) is 12.1 Å². The number of ether oxygens (including phenoxy) is 1. The van der Waals surface area contributed by atoms with Gasteiger partial charge in [-0.05, 0) is 53.9 Å². The van der Waals surface area contributed by atoms with E-state index >= 15 is 0 Å². The van der Waals surface area contributed by atoms with Gasteiger partial charge in [-0.15, -0.1) is 11.3 Å². The minimum absolute atomic E-state index is 0.0393. The molecule has 0 saturated carbocycles. The molecule has 3 aromatic rings. The van der Waals surface area contributed by atoms with Gasteiger partial charge in [0.2, 0.25) is 5.91 Å². The van der Waals surface area contributed by atoms with Crippen molar-refractivity contribution in [3.8, 4) is 16.9 Å². The second-order valence-corrected chi connectivity index (χ2v) is 6.37. The van der Waals surface area contributed by atoms with Crippen molar-refractivity contribution in [1.82, 2.24) is 4.98 Å². The normalized spacial score (nSPS) is 10.4. The Labute approximate surface area is 145 Å². The van der Waals surface area contributed by atoms with E-state index < -0.39 is 0 Å². The number of anilines is 1. The number of hydrogen-bond acceptors (Lipinski definition) is 4. The van der Waals surface area contributed by atoms with Crippen LogP contribution in [0, 0.1) is 6.92 Å². The number of nitrogens with one attached hydrogen (secondary N) is 1. The number of amides is 1. The van der Waals surface area contributed by atoms with Gasteiger partial charge >= 0.3 is 0 Å². The van der Waals surface area contributed by atoms with Crippen molar-refractivity contribution in [2.75, 3.05) is 12.4 Å². The topological polar surface area (TPSA) is 51.2 Å². The summed E-state index contributed by atoms with van der Waals surface area (Å²) in [5, 5.41) is 5.83. The summed E-state index contributed by atoms with van der Waals surface area (Å²) in [6.45, 7) is 1.96. The lowest BCUT2D eigenvalue weighted by Crippen LogP contribution is -2.13. The fourth-order valence-corrected chi connectivity index (χ4v) is 3.25. The largest absolute Gasteiger partial charge is 0.497 e. The Balaban J connectivity index is 1.67. The summed E-state index contributed by atoms with van der Waals surface area (Å²) in [5.74, 6) is 0.717. The van der Waals surface area contributed by atoms with Crippen molar-refractivity contribution in [2.45, 2.75) is 13.3 Å². The van der Waals surface area contributed by atoms with E-state index in [1.807, 2.05) is 54.8 Å². The second-order valence-electron chi connectivity index (χ2n) is 5.46. The number of thiophene rings is 1. The van der Waals surface area contributed by atoms with Crippen LogP contribution in [-0.2, 0) is 11.2 Å². The molecule has 4 nitrogen and oxygen atoms in total. The average molecular weight is 338 g/mol. The van der Waals surface area contributed by atoms with E-state index in [0.29, 0.717) is 6.42 Å². The van der Waals surface area contributed by atoms with Gasteiger partial charge in [0.15, 0.2) is 0 Å². The van der Waals surface area contributed by atoms with Crippen LogP contribution in [0.15, 0.2) is 54.0 Å². The fraction of sp³-hybridized carbons (Fsp3) is 0.158. The molecule has 24 heavy (non-hydrogen) atoms. The zero-order valence-electron chi connectivity index (χ0n) is 13.6. The first kappa shape index (κ1) is 16.2. The predicted octanol–water partition coefficient (Wildman–Crippen LogP) is 4.31. The van der Waals surface area contributed by atoms with Crippen LogP contribution in [0.4, 0.5) is 5.00 Å². The monoisotopic (exact) mass is 338 g/mol. The maximum Gasteiger partial charge on any atom is 0.229 e. The summed E-state index contributed by atoms with van der Waals surface area (Å²) in [6.07, 6.45) is 2.11. The van der Waals surface area contributed by atoms with E-state index in [1.165, 1.54) is 11.3 Å². The molecule has 3 rings (SSSR count). The number of pyridine rings is 1. The quantitative estimate of drug-likeness (QED) is 0.754. The molecular formula is C19H18N2O2S. The highest BCUT2D eigenvalue weighted by atomic mass is 32.1. The third kappa shape index (κ3) is 4.00. The van der Waals surface area contributed by atoms with Gasteiger partial charge in [0.05, 0.1) is 18.5 Å². The lowest BCUT2D eigenvalue weighted by atomic mass is 10.1. The SMILES string of the molecule is COc1cccc(CC(=O)Nc2cc(-c3ccnc(C)c3)cs2)c1. The van der Waals surface area contributed by atoms with Gasteiger partial charge in [-0.3, -0.25) is 9.78 Å². The molecule has 0 unspecified atom stereocenters. The van der Waals surface area contributed by atoms with Crippen LogP contribution in [0.25, 0.3) is 11.1 Å². The van der Waals surface area contributed by atoms with Crippen molar-refractivity contribution in [3.63, 3.8) is 0 Å². The lowest BCUT2D eigenvalue weighted by Gasteiger charge is -2.05. The molecule has 0 radical (unpaired) electrons. The van der Waals surface area contributed by atoms with Crippen LogP contribution in [0.1, 0.15) is 11.3 Å². The number of carbonyl (C=O) groups is 1. The zero-order valence-corrected chi connectivity index (χ0v) is 14.4. The van der Waals surface area contributed by atoms with Crippen LogP contribution in [-0.4, -0.2) is 18.0 Å². The average Bonchev–Trinajstić information content (AvgIpc) is 3.03. The third-order valence-electron chi connectivity index (χ3n) is 3.59. The molecule has 2 heterocycles. The van der Waals surface area contributed by atoms with Gasteiger partial charge in [-0.25, -0.2) is 0 Å². The molecule has 0 fully saturated rings. The molecular weight excluding hydrogens is 320 g/mol. The number of rotatable bonds is 5. The number of nitrogens with zero attached hydrogens (tertiary/aromatic N) is 1. The number of methoxy groups -OCH3 is 1. The highest BCUT2D eigenvalue weighted by Crippen LogP contribution is 2.29. The molecule has 1 amide bonds. The molecule has 0 aliphatic carbocycles. The van der Waals surface area contributed by atoms with Crippen molar-refractivity contribution in [2.24, 2.45) is 0 Å². The summed E-state index contributed by atoms with van der Waals surface area (Å²) >= 11 is 1.52. The smallest absolute Gasteiger partial charge is 0.229 e. The summed E-state index contributed by atoms with van der Waals surface area (Å²) in [5.41, 5.74) is 4.09. The van der Waals surface area contributed by atoms with Crippen LogP contribution in [0.2, 0.25) is 0 Å². The van der Waals surface area contributed by atoms with E-state index in [1.54, 1.807) is 13.3 Å². The standard InChI is InChI=1S/C19H18N2O2S/c1-13-8-15(6-7-20-13)16-11-19(24-12-16)21-18(22)10-14-4-3-5-17(9-14)23-2/h3-9,11-12H,10H2,1-2H3,(H,21,22). The molecule has 2 aromatic heterocycles. The van der Waals surface area contributed by atoms with Crippen molar-refractivity contribution >= 4 is 22.2 Å². The van der Waals surface area contributed by atoms with E-state index in [4.69, 9.17) is 4.74 Å². The van der Waals surface area contributed by atoms with Gasteiger partial charge in [0.1, 0.15) is 5.75 Å². The Bertz CT molecular complexity index is 858. The maximum atomic E-state index is 12.2. The Morgan fingerprint density at radius 3 is 2.88 bits per heavy atom. The highest BCUT2D eigenvalue weighted by molar-refractivity contribution is 7.14. The Morgan fingerprint density at radius 2 is 2.08 bits per heavy atom. The van der Waals surface area contributed by atoms with Gasteiger partial charge in [0.25, 0.3) is 0 Å².